The number of thioether (sulfide) groups is 1. The lowest BCUT2D eigenvalue weighted by molar-refractivity contribution is -0.119. The van der Waals surface area contributed by atoms with Crippen LogP contribution in [0.1, 0.15) is 31.4 Å². The van der Waals surface area contributed by atoms with Gasteiger partial charge >= 0.3 is 0 Å². The molecule has 1 N–H and O–H groups in total. The van der Waals surface area contributed by atoms with E-state index in [1.165, 1.54) is 11.8 Å². The highest BCUT2D eigenvalue weighted by Gasteiger charge is 2.15. The van der Waals surface area contributed by atoms with Crippen molar-refractivity contribution in [3.63, 3.8) is 0 Å². The molecule has 0 saturated carbocycles. The fraction of sp³-hybridized carbons (Fsp3) is 0.318. The van der Waals surface area contributed by atoms with Gasteiger partial charge in [-0.2, -0.15) is 0 Å². The van der Waals surface area contributed by atoms with Crippen LogP contribution in [0, 0.1) is 13.8 Å². The quantitative estimate of drug-likeness (QED) is 0.506. The van der Waals surface area contributed by atoms with Crippen molar-refractivity contribution in [2.75, 3.05) is 5.75 Å². The van der Waals surface area contributed by atoms with E-state index in [4.69, 9.17) is 0 Å². The van der Waals surface area contributed by atoms with Crippen LogP contribution in [0.25, 0.3) is 16.6 Å². The third-order valence-corrected chi connectivity index (χ3v) is 5.78. The molecule has 0 fully saturated rings. The second kappa shape index (κ2) is 8.61. The van der Waals surface area contributed by atoms with Crippen LogP contribution in [-0.2, 0) is 4.79 Å². The van der Waals surface area contributed by atoms with Crippen LogP contribution in [-0.4, -0.2) is 27.3 Å². The van der Waals surface area contributed by atoms with Crippen LogP contribution >= 0.6 is 11.8 Å². The third-order valence-electron chi connectivity index (χ3n) is 4.85. The summed E-state index contributed by atoms with van der Waals surface area (Å²) < 4.78 is 1.61. The Balaban J connectivity index is 2.05. The zero-order valence-electron chi connectivity index (χ0n) is 16.7. The van der Waals surface area contributed by atoms with Crippen LogP contribution in [0.3, 0.4) is 0 Å². The lowest BCUT2D eigenvalue weighted by atomic mass is 10.1. The van der Waals surface area contributed by atoms with Crippen LogP contribution in [0.2, 0.25) is 0 Å². The molecule has 0 spiro atoms. The number of carbonyl (C=O) groups excluding carboxylic acids is 1. The molecule has 6 heteroatoms. The maximum absolute atomic E-state index is 13.2. The van der Waals surface area contributed by atoms with Gasteiger partial charge < -0.3 is 5.32 Å². The molecule has 3 aromatic rings. The minimum atomic E-state index is -0.126. The molecule has 1 amide bonds. The van der Waals surface area contributed by atoms with Crippen molar-refractivity contribution in [3.05, 3.63) is 63.9 Å². The molecule has 0 bridgehead atoms. The predicted molar refractivity (Wildman–Crippen MR) is 115 cm³/mol. The Morgan fingerprint density at radius 3 is 2.64 bits per heavy atom. The fourth-order valence-corrected chi connectivity index (χ4v) is 3.67. The van der Waals surface area contributed by atoms with Gasteiger partial charge in [0.05, 0.1) is 22.3 Å². The second-order valence-corrected chi connectivity index (χ2v) is 7.93. The average molecular weight is 396 g/mol. The Labute approximate surface area is 169 Å². The van der Waals surface area contributed by atoms with Crippen LogP contribution < -0.4 is 10.9 Å². The Morgan fingerprint density at radius 1 is 1.18 bits per heavy atom. The molecule has 0 unspecified atom stereocenters. The van der Waals surface area contributed by atoms with Gasteiger partial charge in [-0.05, 0) is 62.6 Å². The highest BCUT2D eigenvalue weighted by molar-refractivity contribution is 7.99. The number of carbonyl (C=O) groups is 1. The standard InChI is InChI=1S/C22H25N3O2S/c1-5-16(4)23-20(26)13-28-22-24-19-9-7-6-8-18(19)21(27)25(22)17-11-10-14(2)15(3)12-17/h6-12,16H,5,13H2,1-4H3,(H,23,26)/t16-/m1/s1. The molecule has 1 atom stereocenters. The monoisotopic (exact) mass is 395 g/mol. The minimum Gasteiger partial charge on any atom is -0.353 e. The smallest absolute Gasteiger partial charge is 0.266 e. The van der Waals surface area contributed by atoms with E-state index in [-0.39, 0.29) is 23.3 Å². The van der Waals surface area contributed by atoms with Crippen LogP contribution in [0.15, 0.2) is 52.4 Å². The van der Waals surface area contributed by atoms with Crippen LogP contribution in [0.4, 0.5) is 0 Å². The molecule has 1 aromatic heterocycles. The summed E-state index contributed by atoms with van der Waals surface area (Å²) in [5.41, 5.74) is 3.53. The summed E-state index contributed by atoms with van der Waals surface area (Å²) in [4.78, 5) is 30.1. The van der Waals surface area contributed by atoms with Gasteiger partial charge in [0.1, 0.15) is 0 Å². The van der Waals surface area contributed by atoms with Gasteiger partial charge in [-0.15, -0.1) is 0 Å². The molecule has 0 aliphatic heterocycles. The lowest BCUT2D eigenvalue weighted by Crippen LogP contribution is -2.33. The van der Waals surface area contributed by atoms with Crippen molar-refractivity contribution in [2.24, 2.45) is 0 Å². The number of amides is 1. The first-order chi connectivity index (χ1) is 13.4. The Kier molecular flexibility index (Phi) is 6.19. The number of rotatable bonds is 6. The van der Waals surface area contributed by atoms with Gasteiger partial charge in [0.15, 0.2) is 5.16 Å². The highest BCUT2D eigenvalue weighted by atomic mass is 32.2. The van der Waals surface area contributed by atoms with Crippen molar-refractivity contribution in [1.82, 2.24) is 14.9 Å². The molecule has 1 heterocycles. The zero-order valence-corrected chi connectivity index (χ0v) is 17.5. The second-order valence-electron chi connectivity index (χ2n) is 6.99. The van der Waals surface area contributed by atoms with Gasteiger partial charge in [0.25, 0.3) is 5.56 Å². The minimum absolute atomic E-state index is 0.0617. The molecule has 0 saturated heterocycles. The van der Waals surface area contributed by atoms with Gasteiger partial charge in [0, 0.05) is 6.04 Å². The Hall–Kier alpha value is -2.60. The van der Waals surface area contributed by atoms with Crippen molar-refractivity contribution in [3.8, 4) is 5.69 Å². The molecule has 0 aliphatic rings. The van der Waals surface area contributed by atoms with E-state index in [9.17, 15) is 9.59 Å². The topological polar surface area (TPSA) is 64.0 Å². The molecule has 0 aliphatic carbocycles. The molecular formula is C22H25N3O2S. The first kappa shape index (κ1) is 20.1. The lowest BCUT2D eigenvalue weighted by Gasteiger charge is -2.15. The number of para-hydroxylation sites is 1. The van der Waals surface area contributed by atoms with Gasteiger partial charge in [0.2, 0.25) is 5.91 Å². The molecule has 2 aromatic carbocycles. The number of aryl methyl sites for hydroxylation is 2. The number of nitrogens with zero attached hydrogens (tertiary/aromatic N) is 2. The Bertz CT molecular complexity index is 1080. The number of aromatic nitrogens is 2. The average Bonchev–Trinajstić information content (AvgIpc) is 2.68. The number of benzene rings is 2. The summed E-state index contributed by atoms with van der Waals surface area (Å²) in [6.07, 6.45) is 0.873. The van der Waals surface area contributed by atoms with Crippen molar-refractivity contribution >= 4 is 28.6 Å². The molecule has 146 valence electrons. The normalized spacial score (nSPS) is 12.1. The third kappa shape index (κ3) is 4.28. The summed E-state index contributed by atoms with van der Waals surface area (Å²) in [5, 5.41) is 4.04. The summed E-state index contributed by atoms with van der Waals surface area (Å²) in [7, 11) is 0. The van der Waals surface area contributed by atoms with Gasteiger partial charge in [-0.1, -0.05) is 36.9 Å². The summed E-state index contributed by atoms with van der Waals surface area (Å²) in [5.74, 6) is 0.147. The molecule has 0 radical (unpaired) electrons. The maximum atomic E-state index is 13.2. The first-order valence-electron chi connectivity index (χ1n) is 9.42. The zero-order chi connectivity index (χ0) is 20.3. The molecule has 28 heavy (non-hydrogen) atoms. The van der Waals surface area contributed by atoms with Gasteiger partial charge in [-0.25, -0.2) is 4.98 Å². The number of fused-ring (bicyclic) bond motifs is 1. The van der Waals surface area contributed by atoms with Gasteiger partial charge in [-0.3, -0.25) is 14.2 Å². The predicted octanol–water partition coefficient (Wildman–Crippen LogP) is 4.01. The Morgan fingerprint density at radius 2 is 1.93 bits per heavy atom. The largest absolute Gasteiger partial charge is 0.353 e. The van der Waals surface area contributed by atoms with Crippen LogP contribution in [0.5, 0.6) is 0 Å². The number of hydrogen-bond donors (Lipinski definition) is 1. The first-order valence-corrected chi connectivity index (χ1v) is 10.4. The maximum Gasteiger partial charge on any atom is 0.266 e. The van der Waals surface area contributed by atoms with E-state index >= 15 is 0 Å². The highest BCUT2D eigenvalue weighted by Crippen LogP contribution is 2.22. The summed E-state index contributed by atoms with van der Waals surface area (Å²) >= 11 is 1.28. The van der Waals surface area contributed by atoms with E-state index in [1.807, 2.05) is 64.1 Å². The van der Waals surface area contributed by atoms with E-state index < -0.39 is 0 Å². The molecular weight excluding hydrogens is 370 g/mol. The summed E-state index contributed by atoms with van der Waals surface area (Å²) in [6, 6.07) is 13.3. The summed E-state index contributed by atoms with van der Waals surface area (Å²) in [6.45, 7) is 8.06. The van der Waals surface area contributed by atoms with E-state index in [0.717, 1.165) is 23.2 Å². The van der Waals surface area contributed by atoms with E-state index in [1.54, 1.807) is 10.6 Å². The van der Waals surface area contributed by atoms with E-state index in [2.05, 4.69) is 10.3 Å². The number of nitrogens with one attached hydrogen (secondary N) is 1. The molecule has 3 rings (SSSR count). The van der Waals surface area contributed by atoms with Crippen molar-refractivity contribution in [1.29, 1.82) is 0 Å². The molecule has 5 nitrogen and oxygen atoms in total. The number of hydrogen-bond acceptors (Lipinski definition) is 4. The van der Waals surface area contributed by atoms with E-state index in [0.29, 0.717) is 16.1 Å². The van der Waals surface area contributed by atoms with Crippen molar-refractivity contribution in [2.45, 2.75) is 45.3 Å². The fourth-order valence-electron chi connectivity index (χ4n) is 2.85. The SMILES string of the molecule is CC[C@@H](C)NC(=O)CSc1nc2ccccc2c(=O)n1-c1ccc(C)c(C)c1. The van der Waals surface area contributed by atoms with Crippen molar-refractivity contribution < 1.29 is 4.79 Å².